The van der Waals surface area contributed by atoms with E-state index in [1.165, 1.54) is 0 Å². The van der Waals surface area contributed by atoms with Gasteiger partial charge < -0.3 is 9.42 Å². The summed E-state index contributed by atoms with van der Waals surface area (Å²) in [7, 11) is 0. The number of benzene rings is 1. The minimum atomic E-state index is 0.0135. The van der Waals surface area contributed by atoms with Crippen molar-refractivity contribution in [2.75, 3.05) is 13.1 Å². The summed E-state index contributed by atoms with van der Waals surface area (Å²) in [6, 6.07) is 13.2. The molecular formula is C19H18N4O2. The predicted molar refractivity (Wildman–Crippen MR) is 91.8 cm³/mol. The molecule has 0 saturated carbocycles. The second kappa shape index (κ2) is 6.47. The van der Waals surface area contributed by atoms with Crippen LogP contribution in [-0.4, -0.2) is 39.0 Å². The van der Waals surface area contributed by atoms with Gasteiger partial charge in [-0.2, -0.15) is 4.98 Å². The van der Waals surface area contributed by atoms with Gasteiger partial charge in [0.25, 0.3) is 5.91 Å². The lowest BCUT2D eigenvalue weighted by atomic mass is 9.98. The van der Waals surface area contributed by atoms with Crippen LogP contribution in [0.4, 0.5) is 0 Å². The largest absolute Gasteiger partial charge is 0.339 e. The van der Waals surface area contributed by atoms with Gasteiger partial charge in [0.2, 0.25) is 11.7 Å². The number of hydrogen-bond acceptors (Lipinski definition) is 5. The Kier molecular flexibility index (Phi) is 4.01. The summed E-state index contributed by atoms with van der Waals surface area (Å²) in [6.45, 7) is 3.37. The first-order valence-corrected chi connectivity index (χ1v) is 8.30. The summed E-state index contributed by atoms with van der Waals surface area (Å²) >= 11 is 0. The molecule has 1 fully saturated rings. The lowest BCUT2D eigenvalue weighted by Crippen LogP contribution is -2.28. The molecule has 6 nitrogen and oxygen atoms in total. The maximum atomic E-state index is 12.6. The number of carbonyl (C=O) groups excluding carboxylic acids is 1. The van der Waals surface area contributed by atoms with Gasteiger partial charge in [-0.05, 0) is 18.1 Å². The van der Waals surface area contributed by atoms with E-state index in [0.717, 1.165) is 5.56 Å². The molecule has 0 radical (unpaired) electrons. The van der Waals surface area contributed by atoms with Gasteiger partial charge in [-0.15, -0.1) is 0 Å². The Morgan fingerprint density at radius 2 is 1.88 bits per heavy atom. The highest BCUT2D eigenvalue weighted by Gasteiger charge is 2.37. The van der Waals surface area contributed by atoms with Crippen LogP contribution in [0.25, 0.3) is 11.4 Å². The van der Waals surface area contributed by atoms with E-state index in [1.54, 1.807) is 24.5 Å². The van der Waals surface area contributed by atoms with Crippen molar-refractivity contribution in [1.29, 1.82) is 0 Å². The molecule has 25 heavy (non-hydrogen) atoms. The van der Waals surface area contributed by atoms with E-state index in [9.17, 15) is 4.79 Å². The predicted octanol–water partition coefficient (Wildman–Crippen LogP) is 3.01. The van der Waals surface area contributed by atoms with Gasteiger partial charge in [0.05, 0.1) is 5.92 Å². The molecule has 0 unspecified atom stereocenters. The van der Waals surface area contributed by atoms with E-state index in [0.29, 0.717) is 30.4 Å². The molecule has 1 aromatic carbocycles. The monoisotopic (exact) mass is 334 g/mol. The first-order chi connectivity index (χ1) is 12.2. The summed E-state index contributed by atoms with van der Waals surface area (Å²) in [6.07, 6.45) is 3.27. The highest BCUT2D eigenvalue weighted by molar-refractivity contribution is 5.94. The van der Waals surface area contributed by atoms with E-state index in [4.69, 9.17) is 4.52 Å². The molecule has 0 bridgehead atoms. The number of rotatable bonds is 3. The van der Waals surface area contributed by atoms with Gasteiger partial charge in [0, 0.05) is 36.6 Å². The average molecular weight is 334 g/mol. The van der Waals surface area contributed by atoms with Crippen molar-refractivity contribution < 1.29 is 9.32 Å². The van der Waals surface area contributed by atoms with Crippen LogP contribution in [0, 0.1) is 5.92 Å². The number of carbonyl (C=O) groups is 1. The van der Waals surface area contributed by atoms with E-state index < -0.39 is 0 Å². The minimum absolute atomic E-state index is 0.0135. The second-order valence-corrected chi connectivity index (χ2v) is 6.35. The van der Waals surface area contributed by atoms with Gasteiger partial charge in [0.15, 0.2) is 0 Å². The SMILES string of the molecule is C[C@H]1CN(C(=O)c2ccncc2)C[C@@H]1c1nc(-c2ccccc2)no1. The molecule has 1 aliphatic heterocycles. The maximum absolute atomic E-state index is 12.6. The third-order valence-electron chi connectivity index (χ3n) is 4.62. The van der Waals surface area contributed by atoms with Crippen LogP contribution in [0.15, 0.2) is 59.4 Å². The number of nitrogens with zero attached hydrogens (tertiary/aromatic N) is 4. The molecule has 4 rings (SSSR count). The van der Waals surface area contributed by atoms with Crippen molar-refractivity contribution in [3.8, 4) is 11.4 Å². The summed E-state index contributed by atoms with van der Waals surface area (Å²) < 4.78 is 5.50. The topological polar surface area (TPSA) is 72.1 Å². The normalized spacial score (nSPS) is 20.0. The Bertz CT molecular complexity index is 863. The molecule has 2 atom stereocenters. The quantitative estimate of drug-likeness (QED) is 0.736. The molecule has 3 aromatic rings. The molecule has 0 spiro atoms. The zero-order chi connectivity index (χ0) is 17.2. The first kappa shape index (κ1) is 15.5. The number of aromatic nitrogens is 3. The Hall–Kier alpha value is -3.02. The van der Waals surface area contributed by atoms with Gasteiger partial charge in [-0.1, -0.05) is 42.4 Å². The lowest BCUT2D eigenvalue weighted by molar-refractivity contribution is 0.0786. The fourth-order valence-corrected chi connectivity index (χ4v) is 3.22. The van der Waals surface area contributed by atoms with Gasteiger partial charge in [-0.3, -0.25) is 9.78 Å². The van der Waals surface area contributed by atoms with Crippen molar-refractivity contribution in [3.05, 3.63) is 66.3 Å². The van der Waals surface area contributed by atoms with Crippen molar-refractivity contribution in [3.63, 3.8) is 0 Å². The zero-order valence-corrected chi connectivity index (χ0v) is 13.9. The van der Waals surface area contributed by atoms with E-state index in [-0.39, 0.29) is 17.7 Å². The Balaban J connectivity index is 1.52. The Labute approximate surface area is 145 Å². The number of pyridine rings is 1. The average Bonchev–Trinajstić information content (AvgIpc) is 3.29. The summed E-state index contributed by atoms with van der Waals surface area (Å²) in [4.78, 5) is 23.0. The third-order valence-corrected chi connectivity index (χ3v) is 4.62. The summed E-state index contributed by atoms with van der Waals surface area (Å²) in [5, 5.41) is 4.10. The standard InChI is InChI=1S/C19H18N4O2/c1-13-11-23(19(24)15-7-9-20-10-8-15)12-16(13)18-21-17(22-25-18)14-5-3-2-4-6-14/h2-10,13,16H,11-12H2,1H3/t13-,16-/m0/s1. The van der Waals surface area contributed by atoms with Crippen LogP contribution >= 0.6 is 0 Å². The van der Waals surface area contributed by atoms with Gasteiger partial charge in [0.1, 0.15) is 0 Å². The maximum Gasteiger partial charge on any atom is 0.253 e. The molecule has 1 aliphatic rings. The van der Waals surface area contributed by atoms with Crippen LogP contribution < -0.4 is 0 Å². The molecular weight excluding hydrogens is 316 g/mol. The Morgan fingerprint density at radius 1 is 1.12 bits per heavy atom. The molecule has 6 heteroatoms. The van der Waals surface area contributed by atoms with Crippen molar-refractivity contribution in [1.82, 2.24) is 20.0 Å². The van der Waals surface area contributed by atoms with Crippen LogP contribution in [-0.2, 0) is 0 Å². The van der Waals surface area contributed by atoms with Crippen LogP contribution in [0.1, 0.15) is 29.1 Å². The summed E-state index contributed by atoms with van der Waals surface area (Å²) in [5.41, 5.74) is 1.58. The van der Waals surface area contributed by atoms with Crippen LogP contribution in [0.5, 0.6) is 0 Å². The molecule has 3 heterocycles. The molecule has 0 aliphatic carbocycles. The van der Waals surface area contributed by atoms with E-state index in [1.807, 2.05) is 35.2 Å². The molecule has 2 aromatic heterocycles. The first-order valence-electron chi connectivity index (χ1n) is 8.30. The smallest absolute Gasteiger partial charge is 0.253 e. The number of likely N-dealkylation sites (tertiary alicyclic amines) is 1. The van der Waals surface area contributed by atoms with Crippen LogP contribution in [0.3, 0.4) is 0 Å². The van der Waals surface area contributed by atoms with E-state index in [2.05, 4.69) is 22.0 Å². The van der Waals surface area contributed by atoms with Crippen LogP contribution in [0.2, 0.25) is 0 Å². The molecule has 1 saturated heterocycles. The number of hydrogen-bond donors (Lipinski definition) is 0. The molecule has 0 N–H and O–H groups in total. The minimum Gasteiger partial charge on any atom is -0.339 e. The van der Waals surface area contributed by atoms with E-state index >= 15 is 0 Å². The lowest BCUT2D eigenvalue weighted by Gasteiger charge is -2.15. The molecule has 126 valence electrons. The van der Waals surface area contributed by atoms with Crippen molar-refractivity contribution >= 4 is 5.91 Å². The van der Waals surface area contributed by atoms with Crippen molar-refractivity contribution in [2.45, 2.75) is 12.8 Å². The highest BCUT2D eigenvalue weighted by atomic mass is 16.5. The molecule has 1 amide bonds. The Morgan fingerprint density at radius 3 is 2.64 bits per heavy atom. The second-order valence-electron chi connectivity index (χ2n) is 6.35. The fourth-order valence-electron chi connectivity index (χ4n) is 3.22. The van der Waals surface area contributed by atoms with Gasteiger partial charge in [-0.25, -0.2) is 0 Å². The highest BCUT2D eigenvalue weighted by Crippen LogP contribution is 2.33. The summed E-state index contributed by atoms with van der Waals surface area (Å²) in [5.74, 6) is 1.50. The third kappa shape index (κ3) is 3.03. The van der Waals surface area contributed by atoms with Gasteiger partial charge >= 0.3 is 0 Å². The zero-order valence-electron chi connectivity index (χ0n) is 13.9. The number of amides is 1. The fraction of sp³-hybridized carbons (Fsp3) is 0.263. The van der Waals surface area contributed by atoms with Crippen molar-refractivity contribution in [2.24, 2.45) is 5.92 Å².